The molecule has 0 spiro atoms. The van der Waals surface area contributed by atoms with Gasteiger partial charge in [0.2, 0.25) is 0 Å². The third kappa shape index (κ3) is 3.41. The highest BCUT2D eigenvalue weighted by atomic mass is 32.2. The number of rotatable bonds is 5. The highest BCUT2D eigenvalue weighted by molar-refractivity contribution is 8.01. The Hall–Kier alpha value is -1.14. The summed E-state index contributed by atoms with van der Waals surface area (Å²) in [7, 11) is 0. The number of aliphatic carboxylic acids is 1. The van der Waals surface area contributed by atoms with Gasteiger partial charge in [-0.15, -0.1) is 11.3 Å². The first kappa shape index (κ1) is 12.3. The summed E-state index contributed by atoms with van der Waals surface area (Å²) < 4.78 is 14.6. The van der Waals surface area contributed by atoms with E-state index in [-0.39, 0.29) is 12.2 Å². The van der Waals surface area contributed by atoms with Crippen LogP contribution in [0.3, 0.4) is 0 Å². The molecule has 1 heterocycles. The van der Waals surface area contributed by atoms with Crippen LogP contribution >= 0.6 is 23.1 Å². The van der Waals surface area contributed by atoms with E-state index in [1.165, 1.54) is 35.2 Å². The summed E-state index contributed by atoms with van der Waals surface area (Å²) in [4.78, 5) is 14.7. The van der Waals surface area contributed by atoms with Crippen molar-refractivity contribution in [3.8, 4) is 0 Å². The number of carboxylic acids is 1. The molecule has 2 aromatic rings. The SMILES string of the molecule is O=C(O)CCCSc1nc2ccc(F)cc2s1. The predicted molar refractivity (Wildman–Crippen MR) is 67.2 cm³/mol. The van der Waals surface area contributed by atoms with Gasteiger partial charge in [-0.3, -0.25) is 4.79 Å². The van der Waals surface area contributed by atoms with E-state index in [9.17, 15) is 9.18 Å². The Bertz CT molecular complexity index is 541. The molecule has 90 valence electrons. The summed E-state index contributed by atoms with van der Waals surface area (Å²) in [6, 6.07) is 4.51. The number of aromatic nitrogens is 1. The van der Waals surface area contributed by atoms with Crippen molar-refractivity contribution >= 4 is 39.3 Å². The lowest BCUT2D eigenvalue weighted by Gasteiger charge is -1.94. The van der Waals surface area contributed by atoms with Crippen LogP contribution in [0, 0.1) is 5.82 Å². The summed E-state index contributed by atoms with van der Waals surface area (Å²) in [5, 5.41) is 8.49. The lowest BCUT2D eigenvalue weighted by Crippen LogP contribution is -1.94. The van der Waals surface area contributed by atoms with Crippen LogP contribution in [0.4, 0.5) is 4.39 Å². The maximum atomic E-state index is 12.9. The topological polar surface area (TPSA) is 50.2 Å². The molecule has 17 heavy (non-hydrogen) atoms. The summed E-state index contributed by atoms with van der Waals surface area (Å²) >= 11 is 2.95. The quantitative estimate of drug-likeness (QED) is 0.669. The molecule has 2 rings (SSSR count). The molecular formula is C11H10FNO2S2. The first-order valence-corrected chi connectivity index (χ1v) is 6.86. The van der Waals surface area contributed by atoms with Crippen LogP contribution in [0.25, 0.3) is 10.2 Å². The Morgan fingerprint density at radius 2 is 2.35 bits per heavy atom. The summed E-state index contributed by atoms with van der Waals surface area (Å²) in [5.74, 6) is -0.324. The first-order valence-electron chi connectivity index (χ1n) is 5.06. The van der Waals surface area contributed by atoms with Gasteiger partial charge in [0.15, 0.2) is 4.34 Å². The van der Waals surface area contributed by atoms with Crippen LogP contribution in [0.5, 0.6) is 0 Å². The van der Waals surface area contributed by atoms with E-state index in [0.29, 0.717) is 12.2 Å². The fourth-order valence-corrected chi connectivity index (χ4v) is 3.43. The number of hydrogen-bond acceptors (Lipinski definition) is 4. The molecule has 0 fully saturated rings. The number of carboxylic acid groups (broad SMARTS) is 1. The van der Waals surface area contributed by atoms with E-state index in [1.807, 2.05) is 0 Å². The Kier molecular flexibility index (Phi) is 3.96. The number of carbonyl (C=O) groups is 1. The second-order valence-corrected chi connectivity index (χ2v) is 5.81. The number of halogens is 1. The molecule has 0 saturated heterocycles. The van der Waals surface area contributed by atoms with Gasteiger partial charge in [-0.05, 0) is 24.6 Å². The fraction of sp³-hybridized carbons (Fsp3) is 0.273. The molecule has 0 atom stereocenters. The van der Waals surface area contributed by atoms with Crippen LogP contribution in [0.1, 0.15) is 12.8 Å². The Balaban J connectivity index is 1.97. The molecule has 0 aliphatic carbocycles. The molecular weight excluding hydrogens is 261 g/mol. The molecule has 0 radical (unpaired) electrons. The molecule has 0 bridgehead atoms. The second-order valence-electron chi connectivity index (χ2n) is 3.44. The normalized spacial score (nSPS) is 10.9. The second kappa shape index (κ2) is 5.46. The van der Waals surface area contributed by atoms with Gasteiger partial charge in [-0.2, -0.15) is 0 Å². The molecule has 0 saturated carbocycles. The molecule has 0 unspecified atom stereocenters. The van der Waals surface area contributed by atoms with Crippen molar-refractivity contribution in [2.45, 2.75) is 17.2 Å². The zero-order valence-corrected chi connectivity index (χ0v) is 10.5. The maximum absolute atomic E-state index is 12.9. The third-order valence-corrected chi connectivity index (χ3v) is 4.34. The molecule has 1 N–H and O–H groups in total. The van der Waals surface area contributed by atoms with E-state index in [1.54, 1.807) is 6.07 Å². The minimum atomic E-state index is -0.781. The molecule has 6 heteroatoms. The number of hydrogen-bond donors (Lipinski definition) is 1. The van der Waals surface area contributed by atoms with Gasteiger partial charge in [0.05, 0.1) is 10.2 Å². The monoisotopic (exact) mass is 271 g/mol. The van der Waals surface area contributed by atoms with Crippen molar-refractivity contribution in [1.29, 1.82) is 0 Å². The predicted octanol–water partition coefficient (Wildman–Crippen LogP) is 3.39. The van der Waals surface area contributed by atoms with Crippen LogP contribution in [0.2, 0.25) is 0 Å². The highest BCUT2D eigenvalue weighted by Crippen LogP contribution is 2.30. The molecule has 3 nitrogen and oxygen atoms in total. The van der Waals surface area contributed by atoms with Crippen LogP contribution in [-0.2, 0) is 4.79 Å². The Labute approximate surface area is 106 Å². The Morgan fingerprint density at radius 3 is 3.12 bits per heavy atom. The minimum absolute atomic E-state index is 0.173. The largest absolute Gasteiger partial charge is 0.481 e. The van der Waals surface area contributed by atoms with Crippen LogP contribution in [-0.4, -0.2) is 21.8 Å². The van der Waals surface area contributed by atoms with Gasteiger partial charge in [-0.25, -0.2) is 9.37 Å². The van der Waals surface area contributed by atoms with Crippen molar-refractivity contribution in [3.05, 3.63) is 24.0 Å². The van der Waals surface area contributed by atoms with Crippen molar-refractivity contribution in [1.82, 2.24) is 4.98 Å². The average molecular weight is 271 g/mol. The van der Waals surface area contributed by atoms with E-state index < -0.39 is 5.97 Å². The van der Waals surface area contributed by atoms with E-state index in [4.69, 9.17) is 5.11 Å². The van der Waals surface area contributed by atoms with Gasteiger partial charge in [0, 0.05) is 12.2 Å². The first-order chi connectivity index (χ1) is 8.15. The number of thioether (sulfide) groups is 1. The van der Waals surface area contributed by atoms with E-state index in [0.717, 1.165) is 14.6 Å². The molecule has 1 aromatic carbocycles. The van der Waals surface area contributed by atoms with Gasteiger partial charge in [0.1, 0.15) is 5.82 Å². The number of benzene rings is 1. The molecule has 0 amide bonds. The van der Waals surface area contributed by atoms with Crippen molar-refractivity contribution in [2.75, 3.05) is 5.75 Å². The number of nitrogens with zero attached hydrogens (tertiary/aromatic N) is 1. The highest BCUT2D eigenvalue weighted by Gasteiger charge is 2.05. The lowest BCUT2D eigenvalue weighted by molar-refractivity contribution is -0.137. The van der Waals surface area contributed by atoms with Gasteiger partial charge in [0.25, 0.3) is 0 Å². The minimum Gasteiger partial charge on any atom is -0.481 e. The Morgan fingerprint density at radius 1 is 1.53 bits per heavy atom. The maximum Gasteiger partial charge on any atom is 0.303 e. The summed E-state index contributed by atoms with van der Waals surface area (Å²) in [6.45, 7) is 0. The van der Waals surface area contributed by atoms with Crippen LogP contribution in [0.15, 0.2) is 22.5 Å². The van der Waals surface area contributed by atoms with Gasteiger partial charge in [-0.1, -0.05) is 11.8 Å². The third-order valence-electron chi connectivity index (χ3n) is 2.09. The molecule has 1 aromatic heterocycles. The van der Waals surface area contributed by atoms with E-state index >= 15 is 0 Å². The van der Waals surface area contributed by atoms with E-state index in [2.05, 4.69) is 4.98 Å². The summed E-state index contributed by atoms with van der Waals surface area (Å²) in [5.41, 5.74) is 0.789. The fourth-order valence-electron chi connectivity index (χ4n) is 1.32. The molecule has 0 aliphatic heterocycles. The van der Waals surface area contributed by atoms with Crippen molar-refractivity contribution in [3.63, 3.8) is 0 Å². The van der Waals surface area contributed by atoms with Crippen molar-refractivity contribution in [2.24, 2.45) is 0 Å². The number of thiazole rings is 1. The zero-order valence-electron chi connectivity index (χ0n) is 8.85. The average Bonchev–Trinajstić information content (AvgIpc) is 2.66. The van der Waals surface area contributed by atoms with Gasteiger partial charge >= 0.3 is 5.97 Å². The van der Waals surface area contributed by atoms with Crippen LogP contribution < -0.4 is 0 Å². The lowest BCUT2D eigenvalue weighted by atomic mass is 10.3. The van der Waals surface area contributed by atoms with Gasteiger partial charge < -0.3 is 5.11 Å². The summed E-state index contributed by atoms with van der Waals surface area (Å²) in [6.07, 6.45) is 0.789. The molecule has 0 aliphatic rings. The standard InChI is InChI=1S/C11H10FNO2S2/c12-7-3-4-8-9(6-7)17-11(13-8)16-5-1-2-10(14)15/h3-4,6H,1-2,5H2,(H,14,15). The smallest absolute Gasteiger partial charge is 0.303 e. The van der Waals surface area contributed by atoms with Crippen molar-refractivity contribution < 1.29 is 14.3 Å². The zero-order chi connectivity index (χ0) is 12.3. The number of fused-ring (bicyclic) bond motifs is 1.